The molecule has 27 heavy (non-hydrogen) atoms. The predicted molar refractivity (Wildman–Crippen MR) is 108 cm³/mol. The van der Waals surface area contributed by atoms with Crippen LogP contribution in [0.4, 0.5) is 5.69 Å². The second-order valence-corrected chi connectivity index (χ2v) is 7.10. The quantitative estimate of drug-likeness (QED) is 0.845. The summed E-state index contributed by atoms with van der Waals surface area (Å²) >= 11 is 0. The molecule has 5 nitrogen and oxygen atoms in total. The summed E-state index contributed by atoms with van der Waals surface area (Å²) in [4.78, 5) is 14.6. The van der Waals surface area contributed by atoms with Gasteiger partial charge in [0, 0.05) is 31.7 Å². The first-order valence-corrected chi connectivity index (χ1v) is 9.33. The van der Waals surface area contributed by atoms with E-state index in [-0.39, 0.29) is 5.91 Å². The van der Waals surface area contributed by atoms with E-state index in [9.17, 15) is 4.79 Å². The number of methoxy groups -OCH3 is 2. The predicted octanol–water partition coefficient (Wildman–Crippen LogP) is 3.71. The van der Waals surface area contributed by atoms with Crippen molar-refractivity contribution in [2.24, 2.45) is 0 Å². The Labute approximate surface area is 161 Å². The molecule has 1 aliphatic heterocycles. The lowest BCUT2D eigenvalue weighted by Gasteiger charge is -2.29. The highest BCUT2D eigenvalue weighted by atomic mass is 16.5. The van der Waals surface area contributed by atoms with Gasteiger partial charge < -0.3 is 14.8 Å². The summed E-state index contributed by atoms with van der Waals surface area (Å²) in [6, 6.07) is 10.1. The minimum Gasteiger partial charge on any atom is -0.493 e. The molecule has 1 amide bonds. The van der Waals surface area contributed by atoms with Crippen LogP contribution in [0.1, 0.15) is 28.7 Å². The molecule has 0 spiro atoms. The smallest absolute Gasteiger partial charge is 0.225 e. The average molecular weight is 368 g/mol. The van der Waals surface area contributed by atoms with Crippen molar-refractivity contribution in [3.8, 4) is 11.5 Å². The SMILES string of the molecule is COc1cc2c(cc1OC)CN(CCC(=O)Nc1ccc(C)c(C)c1)CC2. The van der Waals surface area contributed by atoms with Crippen molar-refractivity contribution in [2.45, 2.75) is 33.2 Å². The zero-order valence-corrected chi connectivity index (χ0v) is 16.6. The molecule has 0 bridgehead atoms. The van der Waals surface area contributed by atoms with Gasteiger partial charge in [-0.3, -0.25) is 9.69 Å². The van der Waals surface area contributed by atoms with Gasteiger partial charge in [-0.2, -0.15) is 0 Å². The van der Waals surface area contributed by atoms with Crippen LogP contribution in [0.15, 0.2) is 30.3 Å². The van der Waals surface area contributed by atoms with E-state index in [0.717, 1.165) is 43.2 Å². The Morgan fingerprint density at radius 2 is 1.74 bits per heavy atom. The summed E-state index contributed by atoms with van der Waals surface area (Å²) in [6.07, 6.45) is 1.43. The highest BCUT2D eigenvalue weighted by Crippen LogP contribution is 2.33. The van der Waals surface area contributed by atoms with Crippen molar-refractivity contribution in [3.05, 3.63) is 52.6 Å². The van der Waals surface area contributed by atoms with Gasteiger partial charge in [-0.05, 0) is 66.8 Å². The Morgan fingerprint density at radius 1 is 1.04 bits per heavy atom. The number of hydrogen-bond acceptors (Lipinski definition) is 4. The first kappa shape index (κ1) is 19.2. The normalized spacial score (nSPS) is 13.8. The van der Waals surface area contributed by atoms with E-state index in [2.05, 4.69) is 36.2 Å². The Kier molecular flexibility index (Phi) is 6.01. The van der Waals surface area contributed by atoms with Crippen LogP contribution in [0.25, 0.3) is 0 Å². The fourth-order valence-electron chi connectivity index (χ4n) is 3.43. The highest BCUT2D eigenvalue weighted by Gasteiger charge is 2.20. The van der Waals surface area contributed by atoms with Crippen molar-refractivity contribution in [3.63, 3.8) is 0 Å². The van der Waals surface area contributed by atoms with Crippen molar-refractivity contribution in [2.75, 3.05) is 32.6 Å². The van der Waals surface area contributed by atoms with Gasteiger partial charge in [-0.1, -0.05) is 6.07 Å². The van der Waals surface area contributed by atoms with Crippen molar-refractivity contribution < 1.29 is 14.3 Å². The molecule has 3 rings (SSSR count). The molecule has 1 N–H and O–H groups in total. The lowest BCUT2D eigenvalue weighted by atomic mass is 9.98. The molecule has 5 heteroatoms. The van der Waals surface area contributed by atoms with Gasteiger partial charge >= 0.3 is 0 Å². The lowest BCUT2D eigenvalue weighted by Crippen LogP contribution is -2.33. The van der Waals surface area contributed by atoms with Crippen LogP contribution in [-0.2, 0) is 17.8 Å². The van der Waals surface area contributed by atoms with Gasteiger partial charge in [0.1, 0.15) is 0 Å². The number of nitrogens with zero attached hydrogens (tertiary/aromatic N) is 1. The van der Waals surface area contributed by atoms with Crippen LogP contribution in [0.2, 0.25) is 0 Å². The van der Waals surface area contributed by atoms with Gasteiger partial charge in [0.25, 0.3) is 0 Å². The maximum atomic E-state index is 12.3. The van der Waals surface area contributed by atoms with Gasteiger partial charge in [-0.25, -0.2) is 0 Å². The summed E-state index contributed by atoms with van der Waals surface area (Å²) in [5.74, 6) is 1.58. The van der Waals surface area contributed by atoms with E-state index in [4.69, 9.17) is 9.47 Å². The van der Waals surface area contributed by atoms with E-state index in [1.54, 1.807) is 14.2 Å². The molecular formula is C22H28N2O3. The number of rotatable bonds is 6. The maximum absolute atomic E-state index is 12.3. The molecule has 1 aliphatic rings. The molecule has 0 aliphatic carbocycles. The van der Waals surface area contributed by atoms with E-state index >= 15 is 0 Å². The summed E-state index contributed by atoms with van der Waals surface area (Å²) in [7, 11) is 3.31. The molecule has 2 aromatic rings. The standard InChI is InChI=1S/C22H28N2O3/c1-15-5-6-19(11-16(15)2)23-22(25)8-10-24-9-7-17-12-20(26-3)21(27-4)13-18(17)14-24/h5-6,11-13H,7-10,14H2,1-4H3,(H,23,25). The summed E-state index contributed by atoms with van der Waals surface area (Å²) in [6.45, 7) is 6.63. The molecule has 0 saturated heterocycles. The molecule has 0 fully saturated rings. The Bertz CT molecular complexity index is 833. The minimum absolute atomic E-state index is 0.0522. The number of amides is 1. The Hall–Kier alpha value is -2.53. The van der Waals surface area contributed by atoms with Crippen LogP contribution >= 0.6 is 0 Å². The van der Waals surface area contributed by atoms with E-state index in [0.29, 0.717) is 6.42 Å². The molecule has 2 aromatic carbocycles. The van der Waals surface area contributed by atoms with Crippen LogP contribution < -0.4 is 14.8 Å². The molecule has 0 unspecified atom stereocenters. The molecule has 0 atom stereocenters. The number of carbonyl (C=O) groups excluding carboxylic acids is 1. The van der Waals surface area contributed by atoms with Gasteiger partial charge in [0.15, 0.2) is 11.5 Å². The van der Waals surface area contributed by atoms with Crippen molar-refractivity contribution >= 4 is 11.6 Å². The summed E-state index contributed by atoms with van der Waals surface area (Å²) in [5.41, 5.74) is 5.82. The van der Waals surface area contributed by atoms with E-state index in [1.165, 1.54) is 22.3 Å². The molecular weight excluding hydrogens is 340 g/mol. The van der Waals surface area contributed by atoms with Gasteiger partial charge in [0.05, 0.1) is 14.2 Å². The Balaban J connectivity index is 1.56. The molecule has 0 aromatic heterocycles. The fraction of sp³-hybridized carbons (Fsp3) is 0.409. The minimum atomic E-state index is 0.0522. The largest absolute Gasteiger partial charge is 0.493 e. The number of benzene rings is 2. The summed E-state index contributed by atoms with van der Waals surface area (Å²) < 4.78 is 10.8. The highest BCUT2D eigenvalue weighted by molar-refractivity contribution is 5.90. The topological polar surface area (TPSA) is 50.8 Å². The van der Waals surface area contributed by atoms with Crippen LogP contribution in [-0.4, -0.2) is 38.1 Å². The third-order valence-electron chi connectivity index (χ3n) is 5.24. The first-order chi connectivity index (χ1) is 13.0. The molecule has 0 saturated carbocycles. The zero-order valence-electron chi connectivity index (χ0n) is 16.6. The Morgan fingerprint density at radius 3 is 2.41 bits per heavy atom. The molecule has 1 heterocycles. The van der Waals surface area contributed by atoms with Crippen molar-refractivity contribution in [1.82, 2.24) is 4.90 Å². The number of carbonyl (C=O) groups is 1. The lowest BCUT2D eigenvalue weighted by molar-refractivity contribution is -0.116. The third kappa shape index (κ3) is 4.61. The third-order valence-corrected chi connectivity index (χ3v) is 5.24. The monoisotopic (exact) mass is 368 g/mol. The molecule has 0 radical (unpaired) electrons. The van der Waals surface area contributed by atoms with Crippen molar-refractivity contribution in [1.29, 1.82) is 0 Å². The number of hydrogen-bond donors (Lipinski definition) is 1. The van der Waals surface area contributed by atoms with Crippen LogP contribution in [0.3, 0.4) is 0 Å². The number of fused-ring (bicyclic) bond motifs is 1. The first-order valence-electron chi connectivity index (χ1n) is 9.33. The number of aryl methyl sites for hydroxylation is 2. The average Bonchev–Trinajstić information content (AvgIpc) is 2.67. The van der Waals surface area contributed by atoms with Crippen LogP contribution in [0, 0.1) is 13.8 Å². The van der Waals surface area contributed by atoms with Gasteiger partial charge in [-0.15, -0.1) is 0 Å². The second kappa shape index (κ2) is 8.44. The van der Waals surface area contributed by atoms with Crippen LogP contribution in [0.5, 0.6) is 11.5 Å². The van der Waals surface area contributed by atoms with Gasteiger partial charge in [0.2, 0.25) is 5.91 Å². The second-order valence-electron chi connectivity index (χ2n) is 7.10. The van der Waals surface area contributed by atoms with E-state index < -0.39 is 0 Å². The number of ether oxygens (including phenoxy) is 2. The fourth-order valence-corrected chi connectivity index (χ4v) is 3.43. The summed E-state index contributed by atoms with van der Waals surface area (Å²) in [5, 5.41) is 3.00. The zero-order chi connectivity index (χ0) is 19.4. The maximum Gasteiger partial charge on any atom is 0.225 e. The number of nitrogens with one attached hydrogen (secondary N) is 1. The molecule has 144 valence electrons. The van der Waals surface area contributed by atoms with E-state index in [1.807, 2.05) is 18.2 Å². The number of anilines is 1.